The fourth-order valence-electron chi connectivity index (χ4n) is 1.66. The second-order valence-electron chi connectivity index (χ2n) is 3.78. The van der Waals surface area contributed by atoms with Crippen LogP contribution in [0.3, 0.4) is 0 Å². The van der Waals surface area contributed by atoms with Crippen molar-refractivity contribution in [1.29, 1.82) is 0 Å². The molecule has 3 nitrogen and oxygen atoms in total. The summed E-state index contributed by atoms with van der Waals surface area (Å²) >= 11 is 11.6. The summed E-state index contributed by atoms with van der Waals surface area (Å²) in [5.41, 5.74) is 5.38. The van der Waals surface area contributed by atoms with Gasteiger partial charge in [0.1, 0.15) is 5.54 Å². The lowest BCUT2D eigenvalue weighted by Crippen LogP contribution is -2.34. The highest BCUT2D eigenvalue weighted by Gasteiger charge is 2.58. The number of nitrogens with two attached hydrogens (primary N) is 1. The lowest BCUT2D eigenvalue weighted by Gasteiger charge is -2.06. The van der Waals surface area contributed by atoms with E-state index in [4.69, 9.17) is 34.0 Å². The summed E-state index contributed by atoms with van der Waals surface area (Å²) in [6, 6.07) is 5.09. The fraction of sp³-hybridized carbons (Fsp3) is 0.300. The molecule has 0 saturated heterocycles. The molecule has 1 aromatic rings. The number of hydrogen-bond donors (Lipinski definition) is 2. The van der Waals surface area contributed by atoms with E-state index >= 15 is 0 Å². The van der Waals surface area contributed by atoms with Gasteiger partial charge in [0.05, 0.1) is 10.0 Å². The Balaban J connectivity index is 2.27. The Hall–Kier alpha value is -0.770. The Bertz CT molecular complexity index is 435. The van der Waals surface area contributed by atoms with E-state index in [1.807, 2.05) is 0 Å². The third-order valence-electron chi connectivity index (χ3n) is 2.75. The highest BCUT2D eigenvalue weighted by atomic mass is 35.5. The summed E-state index contributed by atoms with van der Waals surface area (Å²) in [7, 11) is 0. The van der Waals surface area contributed by atoms with Gasteiger partial charge in [0, 0.05) is 5.92 Å². The summed E-state index contributed by atoms with van der Waals surface area (Å²) in [4.78, 5) is 10.8. The van der Waals surface area contributed by atoms with Gasteiger partial charge < -0.3 is 10.8 Å². The molecule has 0 unspecified atom stereocenters. The number of carboxylic acid groups (broad SMARTS) is 1. The lowest BCUT2D eigenvalue weighted by atomic mass is 10.1. The second-order valence-corrected chi connectivity index (χ2v) is 4.59. The van der Waals surface area contributed by atoms with E-state index in [0.29, 0.717) is 16.5 Å². The predicted molar refractivity (Wildman–Crippen MR) is 58.4 cm³/mol. The van der Waals surface area contributed by atoms with Gasteiger partial charge in [-0.15, -0.1) is 0 Å². The van der Waals surface area contributed by atoms with Crippen molar-refractivity contribution in [3.05, 3.63) is 33.8 Å². The summed E-state index contributed by atoms with van der Waals surface area (Å²) in [5, 5.41) is 9.77. The molecule has 5 heteroatoms. The van der Waals surface area contributed by atoms with Crippen LogP contribution >= 0.6 is 23.2 Å². The molecule has 0 aliphatic heterocycles. The smallest absolute Gasteiger partial charge is 0.324 e. The second kappa shape index (κ2) is 3.37. The number of carbonyl (C=O) groups is 1. The molecule has 2 rings (SSSR count). The van der Waals surface area contributed by atoms with Crippen molar-refractivity contribution >= 4 is 29.2 Å². The first-order chi connectivity index (χ1) is 6.95. The maximum atomic E-state index is 10.8. The van der Waals surface area contributed by atoms with Crippen LogP contribution in [-0.4, -0.2) is 16.6 Å². The predicted octanol–water partition coefficient (Wildman–Crippen LogP) is 2.26. The van der Waals surface area contributed by atoms with E-state index < -0.39 is 11.5 Å². The third-order valence-corrected chi connectivity index (χ3v) is 3.49. The topological polar surface area (TPSA) is 63.3 Å². The Morgan fingerprint density at radius 3 is 2.60 bits per heavy atom. The van der Waals surface area contributed by atoms with Crippen molar-refractivity contribution in [3.8, 4) is 0 Å². The largest absolute Gasteiger partial charge is 0.480 e. The molecule has 0 aromatic heterocycles. The lowest BCUT2D eigenvalue weighted by molar-refractivity contribution is -0.139. The maximum Gasteiger partial charge on any atom is 0.324 e. The van der Waals surface area contributed by atoms with E-state index in [1.54, 1.807) is 18.2 Å². The molecular formula is C10H9Cl2NO2. The normalized spacial score (nSPS) is 28.9. The molecular weight excluding hydrogens is 237 g/mol. The van der Waals surface area contributed by atoms with Crippen LogP contribution in [0.2, 0.25) is 10.0 Å². The Labute approximate surface area is 96.8 Å². The minimum absolute atomic E-state index is 0.162. The first-order valence-electron chi connectivity index (χ1n) is 4.42. The first kappa shape index (κ1) is 10.7. The van der Waals surface area contributed by atoms with Gasteiger partial charge in [-0.05, 0) is 24.1 Å². The molecule has 3 N–H and O–H groups in total. The number of carboxylic acids is 1. The van der Waals surface area contributed by atoms with Gasteiger partial charge in [0.15, 0.2) is 0 Å². The molecule has 0 heterocycles. The number of hydrogen-bond acceptors (Lipinski definition) is 2. The molecule has 2 atom stereocenters. The molecule has 1 saturated carbocycles. The quantitative estimate of drug-likeness (QED) is 0.841. The van der Waals surface area contributed by atoms with Gasteiger partial charge in [-0.25, -0.2) is 0 Å². The summed E-state index contributed by atoms with van der Waals surface area (Å²) in [6.45, 7) is 0. The van der Waals surface area contributed by atoms with Crippen LogP contribution in [0.4, 0.5) is 0 Å². The van der Waals surface area contributed by atoms with Crippen LogP contribution in [0.25, 0.3) is 0 Å². The average Bonchev–Trinajstić information content (AvgIpc) is 2.85. The number of aliphatic carboxylic acids is 1. The Morgan fingerprint density at radius 2 is 2.13 bits per heavy atom. The van der Waals surface area contributed by atoms with E-state index in [1.165, 1.54) is 0 Å². The zero-order chi connectivity index (χ0) is 11.2. The highest BCUT2D eigenvalue weighted by molar-refractivity contribution is 6.42. The van der Waals surface area contributed by atoms with Gasteiger partial charge in [-0.1, -0.05) is 29.3 Å². The van der Waals surface area contributed by atoms with E-state index in [-0.39, 0.29) is 5.92 Å². The SMILES string of the molecule is N[C@]1(C(=O)O)C[C@H]1c1ccc(Cl)c(Cl)c1. The van der Waals surface area contributed by atoms with Crippen LogP contribution in [-0.2, 0) is 4.79 Å². The third kappa shape index (κ3) is 1.71. The Morgan fingerprint density at radius 1 is 1.47 bits per heavy atom. The molecule has 80 valence electrons. The minimum atomic E-state index is -1.13. The van der Waals surface area contributed by atoms with Crippen LogP contribution in [0.5, 0.6) is 0 Å². The first-order valence-corrected chi connectivity index (χ1v) is 5.18. The molecule has 0 radical (unpaired) electrons. The molecule has 0 spiro atoms. The van der Waals surface area contributed by atoms with Gasteiger partial charge in [-0.3, -0.25) is 4.79 Å². The van der Waals surface area contributed by atoms with Crippen LogP contribution in [0.1, 0.15) is 17.9 Å². The summed E-state index contributed by atoms with van der Waals surface area (Å²) in [6.07, 6.45) is 0.445. The van der Waals surface area contributed by atoms with Crippen molar-refractivity contribution in [1.82, 2.24) is 0 Å². The van der Waals surface area contributed by atoms with Crippen LogP contribution in [0.15, 0.2) is 18.2 Å². The highest BCUT2D eigenvalue weighted by Crippen LogP contribution is 2.50. The van der Waals surface area contributed by atoms with Crippen molar-refractivity contribution in [2.45, 2.75) is 17.9 Å². The summed E-state index contributed by atoms with van der Waals surface area (Å²) in [5.74, 6) is -1.14. The van der Waals surface area contributed by atoms with Gasteiger partial charge in [-0.2, -0.15) is 0 Å². The number of benzene rings is 1. The number of rotatable bonds is 2. The average molecular weight is 246 g/mol. The van der Waals surface area contributed by atoms with E-state index in [2.05, 4.69) is 0 Å². The monoisotopic (exact) mass is 245 g/mol. The molecule has 0 bridgehead atoms. The Kier molecular flexibility index (Phi) is 2.41. The summed E-state index contributed by atoms with van der Waals surface area (Å²) < 4.78 is 0. The minimum Gasteiger partial charge on any atom is -0.480 e. The molecule has 15 heavy (non-hydrogen) atoms. The van der Waals surface area contributed by atoms with Gasteiger partial charge in [0.2, 0.25) is 0 Å². The zero-order valence-electron chi connectivity index (χ0n) is 7.71. The standard InChI is InChI=1S/C10H9Cl2NO2/c11-7-2-1-5(3-8(7)12)6-4-10(6,13)9(14)15/h1-3,6H,4,13H2,(H,14,15)/t6-,10+/m0/s1. The molecule has 1 aliphatic rings. The molecule has 1 aromatic carbocycles. The van der Waals surface area contributed by atoms with E-state index in [0.717, 1.165) is 5.56 Å². The van der Waals surface area contributed by atoms with Gasteiger partial charge in [0.25, 0.3) is 0 Å². The van der Waals surface area contributed by atoms with E-state index in [9.17, 15) is 4.79 Å². The van der Waals surface area contributed by atoms with Crippen LogP contribution < -0.4 is 5.73 Å². The van der Waals surface area contributed by atoms with Crippen molar-refractivity contribution in [2.75, 3.05) is 0 Å². The fourth-order valence-corrected chi connectivity index (χ4v) is 1.97. The molecule has 1 fully saturated rings. The van der Waals surface area contributed by atoms with Crippen molar-refractivity contribution in [2.24, 2.45) is 5.73 Å². The van der Waals surface area contributed by atoms with Crippen LogP contribution in [0, 0.1) is 0 Å². The molecule has 0 amide bonds. The van der Waals surface area contributed by atoms with Gasteiger partial charge >= 0.3 is 5.97 Å². The van der Waals surface area contributed by atoms with Crippen molar-refractivity contribution < 1.29 is 9.90 Å². The van der Waals surface area contributed by atoms with Crippen molar-refractivity contribution in [3.63, 3.8) is 0 Å². The number of halogens is 2. The maximum absolute atomic E-state index is 10.8. The molecule has 1 aliphatic carbocycles. The zero-order valence-corrected chi connectivity index (χ0v) is 9.22.